The highest BCUT2D eigenvalue weighted by molar-refractivity contribution is 6.65. The molecule has 0 aromatic rings. The van der Waals surface area contributed by atoms with Gasteiger partial charge in [0.2, 0.25) is 5.24 Å². The van der Waals surface area contributed by atoms with Gasteiger partial charge >= 0.3 is 0 Å². The lowest BCUT2D eigenvalue weighted by molar-refractivity contribution is -0.116. The van der Waals surface area contributed by atoms with Gasteiger partial charge in [-0.1, -0.05) is 42.5 Å². The van der Waals surface area contributed by atoms with E-state index in [0.717, 1.165) is 5.57 Å². The van der Waals surface area contributed by atoms with Crippen LogP contribution in [-0.2, 0) is 4.79 Å². The average Bonchev–Trinajstić information content (AvgIpc) is 2.17. The summed E-state index contributed by atoms with van der Waals surface area (Å²) in [6.07, 6.45) is 14.1. The van der Waals surface area contributed by atoms with E-state index in [1.807, 2.05) is 42.5 Å². The largest absolute Gasteiger partial charge is 0.280 e. The summed E-state index contributed by atoms with van der Waals surface area (Å²) in [5.74, 6) is 0. The Hall–Kier alpha value is -1.08. The molecule has 2 aliphatic carbocycles. The first-order valence-corrected chi connectivity index (χ1v) is 4.57. The van der Waals surface area contributed by atoms with Gasteiger partial charge in [0, 0.05) is 0 Å². The summed E-state index contributed by atoms with van der Waals surface area (Å²) in [6, 6.07) is 0. The van der Waals surface area contributed by atoms with Crippen molar-refractivity contribution in [1.82, 2.24) is 0 Å². The maximum absolute atomic E-state index is 11.4. The van der Waals surface area contributed by atoms with Crippen LogP contribution in [0.4, 0.5) is 0 Å². The number of rotatable bonds is 1. The van der Waals surface area contributed by atoms with Crippen molar-refractivity contribution in [3.63, 3.8) is 0 Å². The Morgan fingerprint density at radius 1 is 1.38 bits per heavy atom. The molecule has 0 heterocycles. The molecule has 0 bridgehead atoms. The second-order valence-electron chi connectivity index (χ2n) is 3.22. The first-order valence-electron chi connectivity index (χ1n) is 4.19. The molecule has 66 valence electrons. The monoisotopic (exact) mass is 192 g/mol. The minimum Gasteiger partial charge on any atom is -0.280 e. The number of hydrogen-bond acceptors (Lipinski definition) is 1. The molecule has 1 atom stereocenters. The zero-order valence-corrected chi connectivity index (χ0v) is 7.79. The van der Waals surface area contributed by atoms with Crippen LogP contribution >= 0.6 is 11.6 Å². The summed E-state index contributed by atoms with van der Waals surface area (Å²) in [5, 5.41) is -0.302. The summed E-state index contributed by atoms with van der Waals surface area (Å²) in [6.45, 7) is 0. The van der Waals surface area contributed by atoms with Crippen molar-refractivity contribution in [2.45, 2.75) is 6.42 Å². The van der Waals surface area contributed by atoms with Crippen LogP contribution in [0.25, 0.3) is 0 Å². The molecule has 0 radical (unpaired) electrons. The van der Waals surface area contributed by atoms with E-state index in [0.29, 0.717) is 6.42 Å². The highest BCUT2D eigenvalue weighted by atomic mass is 35.5. The fraction of sp³-hybridized carbons (Fsp3) is 0.182. The van der Waals surface area contributed by atoms with Crippen molar-refractivity contribution in [2.24, 2.45) is 5.41 Å². The lowest BCUT2D eigenvalue weighted by Gasteiger charge is -2.30. The van der Waals surface area contributed by atoms with Gasteiger partial charge in [0.1, 0.15) is 0 Å². The molecular weight excluding hydrogens is 184 g/mol. The molecule has 0 saturated heterocycles. The molecule has 1 unspecified atom stereocenters. The SMILES string of the molecule is O=C(Cl)C12C=CC=CC1=CC=CC2. The van der Waals surface area contributed by atoms with E-state index in [-0.39, 0.29) is 5.24 Å². The van der Waals surface area contributed by atoms with Crippen LogP contribution in [0.1, 0.15) is 6.42 Å². The number of carbonyl (C=O) groups excluding carboxylic acids is 1. The Kier molecular flexibility index (Phi) is 1.97. The average molecular weight is 193 g/mol. The van der Waals surface area contributed by atoms with E-state index < -0.39 is 5.41 Å². The summed E-state index contributed by atoms with van der Waals surface area (Å²) < 4.78 is 0. The van der Waals surface area contributed by atoms with Gasteiger partial charge in [-0.2, -0.15) is 0 Å². The van der Waals surface area contributed by atoms with E-state index >= 15 is 0 Å². The highest BCUT2D eigenvalue weighted by Gasteiger charge is 2.38. The molecule has 0 aromatic carbocycles. The van der Waals surface area contributed by atoms with E-state index in [9.17, 15) is 4.79 Å². The van der Waals surface area contributed by atoms with Crippen molar-refractivity contribution in [1.29, 1.82) is 0 Å². The van der Waals surface area contributed by atoms with Crippen LogP contribution in [0.2, 0.25) is 0 Å². The zero-order chi connectivity index (χ0) is 9.31. The van der Waals surface area contributed by atoms with Gasteiger partial charge in [-0.15, -0.1) is 0 Å². The standard InChI is InChI=1S/C11H9ClO/c12-10(13)11-7-3-1-5-9(11)6-2-4-8-11/h1-7H,8H2. The Morgan fingerprint density at radius 2 is 2.23 bits per heavy atom. The lowest BCUT2D eigenvalue weighted by atomic mass is 9.73. The van der Waals surface area contributed by atoms with E-state index in [4.69, 9.17) is 11.6 Å². The number of carbonyl (C=O) groups is 1. The van der Waals surface area contributed by atoms with Gasteiger partial charge in [0.15, 0.2) is 0 Å². The maximum atomic E-state index is 11.4. The second kappa shape index (κ2) is 3.00. The first kappa shape index (κ1) is 8.52. The van der Waals surface area contributed by atoms with Crippen molar-refractivity contribution in [3.8, 4) is 0 Å². The van der Waals surface area contributed by atoms with Gasteiger partial charge in [-0.3, -0.25) is 4.79 Å². The van der Waals surface area contributed by atoms with Crippen molar-refractivity contribution >= 4 is 16.8 Å². The summed E-state index contributed by atoms with van der Waals surface area (Å²) in [7, 11) is 0. The van der Waals surface area contributed by atoms with Crippen LogP contribution in [0, 0.1) is 5.41 Å². The Bertz CT molecular complexity index is 360. The van der Waals surface area contributed by atoms with E-state index in [1.54, 1.807) is 0 Å². The van der Waals surface area contributed by atoms with Gasteiger partial charge in [-0.25, -0.2) is 0 Å². The van der Waals surface area contributed by atoms with Gasteiger partial charge in [0.25, 0.3) is 0 Å². The predicted molar refractivity (Wildman–Crippen MR) is 53.4 cm³/mol. The number of fused-ring (bicyclic) bond motifs is 1. The normalized spacial score (nSPS) is 29.8. The maximum Gasteiger partial charge on any atom is 0.236 e. The Morgan fingerprint density at radius 3 is 2.92 bits per heavy atom. The summed E-state index contributed by atoms with van der Waals surface area (Å²) >= 11 is 5.62. The van der Waals surface area contributed by atoms with Crippen molar-refractivity contribution in [2.75, 3.05) is 0 Å². The predicted octanol–water partition coefficient (Wildman–Crippen LogP) is 2.75. The lowest BCUT2D eigenvalue weighted by Crippen LogP contribution is -2.29. The molecule has 2 heteroatoms. The van der Waals surface area contributed by atoms with Gasteiger partial charge in [0.05, 0.1) is 5.41 Å². The second-order valence-corrected chi connectivity index (χ2v) is 3.56. The fourth-order valence-corrected chi connectivity index (χ4v) is 1.95. The third-order valence-corrected chi connectivity index (χ3v) is 2.82. The van der Waals surface area contributed by atoms with Crippen LogP contribution in [0.15, 0.2) is 48.1 Å². The minimum absolute atomic E-state index is 0.302. The fourth-order valence-electron chi connectivity index (χ4n) is 1.70. The highest BCUT2D eigenvalue weighted by Crippen LogP contribution is 2.41. The summed E-state index contributed by atoms with van der Waals surface area (Å²) in [5.41, 5.74) is 0.392. The van der Waals surface area contributed by atoms with Crippen LogP contribution in [0.3, 0.4) is 0 Å². The van der Waals surface area contributed by atoms with Crippen LogP contribution in [0.5, 0.6) is 0 Å². The van der Waals surface area contributed by atoms with Gasteiger partial charge in [-0.05, 0) is 23.6 Å². The molecule has 2 aliphatic rings. The molecule has 0 fully saturated rings. The third-order valence-electron chi connectivity index (χ3n) is 2.49. The Labute approximate surface area is 82.1 Å². The van der Waals surface area contributed by atoms with Crippen LogP contribution < -0.4 is 0 Å². The number of hydrogen-bond donors (Lipinski definition) is 0. The molecule has 1 nitrogen and oxygen atoms in total. The minimum atomic E-state index is -0.592. The van der Waals surface area contributed by atoms with Crippen molar-refractivity contribution < 1.29 is 4.79 Å². The smallest absolute Gasteiger partial charge is 0.236 e. The molecule has 2 rings (SSSR count). The molecule has 13 heavy (non-hydrogen) atoms. The van der Waals surface area contributed by atoms with Crippen LogP contribution in [-0.4, -0.2) is 5.24 Å². The Balaban J connectivity index is 2.51. The summed E-state index contributed by atoms with van der Waals surface area (Å²) in [4.78, 5) is 11.4. The van der Waals surface area contributed by atoms with Gasteiger partial charge < -0.3 is 0 Å². The zero-order valence-electron chi connectivity index (χ0n) is 7.03. The molecule has 0 aliphatic heterocycles. The number of halogens is 1. The molecule has 0 spiro atoms. The molecule has 0 N–H and O–H groups in total. The molecule has 0 aromatic heterocycles. The van der Waals surface area contributed by atoms with E-state index in [2.05, 4.69) is 0 Å². The molecule has 0 amide bonds. The number of allylic oxidation sites excluding steroid dienone is 8. The van der Waals surface area contributed by atoms with Crippen molar-refractivity contribution in [3.05, 3.63) is 48.1 Å². The topological polar surface area (TPSA) is 17.1 Å². The first-order chi connectivity index (χ1) is 6.26. The quantitative estimate of drug-likeness (QED) is 0.584. The van der Waals surface area contributed by atoms with E-state index in [1.165, 1.54) is 0 Å². The molecule has 0 saturated carbocycles. The molecular formula is C11H9ClO. The third kappa shape index (κ3) is 1.20.